The second-order valence-corrected chi connectivity index (χ2v) is 3.56. The summed E-state index contributed by atoms with van der Waals surface area (Å²) in [4.78, 5) is 0. The average Bonchev–Trinajstić information content (AvgIpc) is 2.05. The minimum Gasteiger partial charge on any atom is -0.322 e. The molecule has 0 aromatic heterocycles. The molecule has 1 nitrogen and oxygen atoms in total. The summed E-state index contributed by atoms with van der Waals surface area (Å²) in [7, 11) is 0. The molecule has 0 bridgehead atoms. The lowest BCUT2D eigenvalue weighted by atomic mass is 10.1. The van der Waals surface area contributed by atoms with E-state index < -0.39 is 12.7 Å². The van der Waals surface area contributed by atoms with Crippen molar-refractivity contribution in [3.63, 3.8) is 0 Å². The van der Waals surface area contributed by atoms with Gasteiger partial charge in [0.25, 0.3) is 0 Å². The zero-order valence-corrected chi connectivity index (χ0v) is 9.31. The van der Waals surface area contributed by atoms with Crippen LogP contribution < -0.4 is 5.73 Å². The van der Waals surface area contributed by atoms with E-state index in [4.69, 9.17) is 5.73 Å². The van der Waals surface area contributed by atoms with Gasteiger partial charge in [-0.1, -0.05) is 12.1 Å². The van der Waals surface area contributed by atoms with Crippen LogP contribution in [0.5, 0.6) is 0 Å². The summed E-state index contributed by atoms with van der Waals surface area (Å²) in [5, 5.41) is 0. The van der Waals surface area contributed by atoms with Crippen LogP contribution in [0, 0.1) is 3.57 Å². The van der Waals surface area contributed by atoms with Crippen LogP contribution in [0.2, 0.25) is 0 Å². The lowest BCUT2D eigenvalue weighted by Gasteiger charge is -2.05. The second-order valence-electron chi connectivity index (χ2n) is 2.31. The van der Waals surface area contributed by atoms with Gasteiger partial charge >= 0.3 is 0 Å². The van der Waals surface area contributed by atoms with Crippen molar-refractivity contribution in [2.24, 2.45) is 5.73 Å². The number of alkyl halides is 1. The molecule has 0 heterocycles. The molecule has 0 aliphatic heterocycles. The summed E-state index contributed by atoms with van der Waals surface area (Å²) < 4.78 is 13.2. The first-order valence-corrected chi connectivity index (χ1v) is 4.39. The molecule has 0 unspecified atom stereocenters. The van der Waals surface area contributed by atoms with E-state index in [-0.39, 0.29) is 12.4 Å². The Morgan fingerprint density at radius 1 is 1.33 bits per heavy atom. The van der Waals surface area contributed by atoms with Gasteiger partial charge in [-0.25, -0.2) is 4.39 Å². The molecule has 0 saturated heterocycles. The monoisotopic (exact) mass is 301 g/mol. The Morgan fingerprint density at radius 3 is 2.25 bits per heavy atom. The van der Waals surface area contributed by atoms with E-state index in [1.807, 2.05) is 24.3 Å². The minimum atomic E-state index is -0.499. The number of rotatable bonds is 2. The molecular formula is C8H10ClFIN. The quantitative estimate of drug-likeness (QED) is 0.835. The van der Waals surface area contributed by atoms with Gasteiger partial charge in [0.05, 0.1) is 6.04 Å². The largest absolute Gasteiger partial charge is 0.322 e. The van der Waals surface area contributed by atoms with Crippen LogP contribution in [-0.4, -0.2) is 6.67 Å². The Labute approximate surface area is 91.1 Å². The SMILES string of the molecule is Cl.N[C@@H](CF)c1ccc(I)cc1. The van der Waals surface area contributed by atoms with E-state index in [1.165, 1.54) is 0 Å². The molecule has 0 fully saturated rings. The summed E-state index contributed by atoms with van der Waals surface area (Å²) in [5.74, 6) is 0. The lowest BCUT2D eigenvalue weighted by molar-refractivity contribution is 0.437. The molecule has 0 saturated carbocycles. The third-order valence-corrected chi connectivity index (χ3v) is 2.18. The first kappa shape index (κ1) is 12.1. The normalized spacial score (nSPS) is 11.9. The van der Waals surface area contributed by atoms with Crippen molar-refractivity contribution < 1.29 is 4.39 Å². The summed E-state index contributed by atoms with van der Waals surface area (Å²) in [6.45, 7) is -0.499. The maximum atomic E-state index is 12.0. The van der Waals surface area contributed by atoms with Gasteiger partial charge in [-0.2, -0.15) is 0 Å². The third kappa shape index (κ3) is 3.25. The first-order valence-electron chi connectivity index (χ1n) is 3.31. The van der Waals surface area contributed by atoms with E-state index in [0.29, 0.717) is 0 Å². The molecule has 1 aromatic rings. The number of benzene rings is 1. The summed E-state index contributed by atoms with van der Waals surface area (Å²) >= 11 is 2.20. The van der Waals surface area contributed by atoms with E-state index in [2.05, 4.69) is 22.6 Å². The van der Waals surface area contributed by atoms with Crippen LogP contribution in [0.25, 0.3) is 0 Å². The molecule has 1 atom stereocenters. The maximum absolute atomic E-state index is 12.0. The first-order chi connectivity index (χ1) is 5.24. The smallest absolute Gasteiger partial charge is 0.109 e. The van der Waals surface area contributed by atoms with Crippen molar-refractivity contribution in [3.8, 4) is 0 Å². The van der Waals surface area contributed by atoms with Crippen molar-refractivity contribution in [1.82, 2.24) is 0 Å². The van der Waals surface area contributed by atoms with Gasteiger partial charge in [0.15, 0.2) is 0 Å². The Balaban J connectivity index is 0.00000121. The third-order valence-electron chi connectivity index (χ3n) is 1.46. The maximum Gasteiger partial charge on any atom is 0.109 e. The highest BCUT2D eigenvalue weighted by molar-refractivity contribution is 14.1. The fraction of sp³-hybridized carbons (Fsp3) is 0.250. The van der Waals surface area contributed by atoms with E-state index in [0.717, 1.165) is 9.13 Å². The van der Waals surface area contributed by atoms with E-state index >= 15 is 0 Å². The van der Waals surface area contributed by atoms with Crippen LogP contribution in [0.15, 0.2) is 24.3 Å². The van der Waals surface area contributed by atoms with E-state index in [9.17, 15) is 4.39 Å². The average molecular weight is 302 g/mol. The van der Waals surface area contributed by atoms with Crippen LogP contribution in [0.3, 0.4) is 0 Å². The van der Waals surface area contributed by atoms with Crippen molar-refractivity contribution >= 4 is 35.0 Å². The Kier molecular flexibility index (Phi) is 5.78. The molecule has 0 aliphatic rings. The predicted molar refractivity (Wildman–Crippen MR) is 59.3 cm³/mol. The van der Waals surface area contributed by atoms with Crippen molar-refractivity contribution in [3.05, 3.63) is 33.4 Å². The molecule has 0 amide bonds. The van der Waals surface area contributed by atoms with Gasteiger partial charge in [-0.15, -0.1) is 12.4 Å². The second kappa shape index (κ2) is 5.72. The minimum absolute atomic E-state index is 0. The van der Waals surface area contributed by atoms with Gasteiger partial charge in [-0.05, 0) is 40.3 Å². The zero-order chi connectivity index (χ0) is 8.27. The highest BCUT2D eigenvalue weighted by Crippen LogP contribution is 2.12. The fourth-order valence-corrected chi connectivity index (χ4v) is 1.16. The molecule has 0 radical (unpaired) electrons. The summed E-state index contributed by atoms with van der Waals surface area (Å²) in [6, 6.07) is 7.08. The topological polar surface area (TPSA) is 26.0 Å². The molecule has 68 valence electrons. The fourth-order valence-electron chi connectivity index (χ4n) is 0.799. The molecule has 1 aromatic carbocycles. The van der Waals surface area contributed by atoms with Crippen LogP contribution in [0.4, 0.5) is 4.39 Å². The molecule has 0 aliphatic carbocycles. The lowest BCUT2D eigenvalue weighted by Crippen LogP contribution is -2.11. The molecule has 2 N–H and O–H groups in total. The molecule has 12 heavy (non-hydrogen) atoms. The summed E-state index contributed by atoms with van der Waals surface area (Å²) in [6.07, 6.45) is 0. The predicted octanol–water partition coefficient (Wildman–Crippen LogP) is 2.68. The van der Waals surface area contributed by atoms with Gasteiger partial charge in [-0.3, -0.25) is 0 Å². The Morgan fingerprint density at radius 2 is 1.83 bits per heavy atom. The van der Waals surface area contributed by atoms with Crippen LogP contribution >= 0.6 is 35.0 Å². The van der Waals surface area contributed by atoms with Crippen molar-refractivity contribution in [2.45, 2.75) is 6.04 Å². The highest BCUT2D eigenvalue weighted by Gasteiger charge is 2.03. The van der Waals surface area contributed by atoms with Gasteiger partial charge in [0.2, 0.25) is 0 Å². The number of hydrogen-bond acceptors (Lipinski definition) is 1. The van der Waals surface area contributed by atoms with Crippen molar-refractivity contribution in [1.29, 1.82) is 0 Å². The molecule has 0 spiro atoms. The van der Waals surface area contributed by atoms with Crippen LogP contribution in [-0.2, 0) is 0 Å². The molecule has 4 heteroatoms. The number of nitrogens with two attached hydrogens (primary N) is 1. The van der Waals surface area contributed by atoms with Gasteiger partial charge in [0, 0.05) is 3.57 Å². The van der Waals surface area contributed by atoms with Gasteiger partial charge < -0.3 is 5.73 Å². The number of hydrogen-bond donors (Lipinski definition) is 1. The summed E-state index contributed by atoms with van der Waals surface area (Å²) in [5.41, 5.74) is 6.32. The van der Waals surface area contributed by atoms with Gasteiger partial charge in [0.1, 0.15) is 6.67 Å². The number of halogens is 3. The van der Waals surface area contributed by atoms with E-state index in [1.54, 1.807) is 0 Å². The standard InChI is InChI=1S/C8H9FIN.ClH/c9-5-8(11)6-1-3-7(10)4-2-6;/h1-4,8H,5,11H2;1H/t8-;/m0./s1. The highest BCUT2D eigenvalue weighted by atomic mass is 127. The molecule has 1 rings (SSSR count). The Bertz CT molecular complexity index is 227. The molecular weight excluding hydrogens is 291 g/mol. The van der Waals surface area contributed by atoms with Crippen molar-refractivity contribution in [2.75, 3.05) is 6.67 Å². The Hall–Kier alpha value is 0.130. The zero-order valence-electron chi connectivity index (χ0n) is 6.34. The van der Waals surface area contributed by atoms with Crippen LogP contribution in [0.1, 0.15) is 11.6 Å².